The van der Waals surface area contributed by atoms with E-state index in [1.54, 1.807) is 17.8 Å². The lowest BCUT2D eigenvalue weighted by Crippen LogP contribution is -2.38. The monoisotopic (exact) mass is 440 g/mol. The number of aromatic nitrogens is 5. The third-order valence-electron chi connectivity index (χ3n) is 5.05. The van der Waals surface area contributed by atoms with Crippen molar-refractivity contribution in [2.45, 2.75) is 23.8 Å². The predicted octanol–water partition coefficient (Wildman–Crippen LogP) is 2.80. The summed E-state index contributed by atoms with van der Waals surface area (Å²) in [5, 5.41) is 5.76. The number of fused-ring (bicyclic) bond motifs is 2. The van der Waals surface area contributed by atoms with Crippen LogP contribution in [0.2, 0.25) is 5.15 Å². The minimum atomic E-state index is -3.80. The molecule has 0 N–H and O–H groups in total. The van der Waals surface area contributed by atoms with E-state index in [4.69, 9.17) is 11.6 Å². The first kappa shape index (κ1) is 18.0. The average Bonchev–Trinajstić information content (AvgIpc) is 3.36. The molecule has 4 aromatic rings. The highest BCUT2D eigenvalue weighted by atomic mass is 35.5. The molecule has 5 rings (SSSR count). The summed E-state index contributed by atoms with van der Waals surface area (Å²) < 4.78 is 45.1. The maximum atomic E-state index is 14.5. The van der Waals surface area contributed by atoms with Crippen molar-refractivity contribution < 1.29 is 12.8 Å². The normalized spacial score (nSPS) is 17.1. The fraction of sp³-hybridized carbons (Fsp3) is 0.312. The van der Waals surface area contributed by atoms with Crippen molar-refractivity contribution in [1.29, 1.82) is 0 Å². The first-order valence-corrected chi connectivity index (χ1v) is 11.2. The van der Waals surface area contributed by atoms with Gasteiger partial charge in [-0.1, -0.05) is 11.6 Å². The van der Waals surface area contributed by atoms with Crippen LogP contribution in [0, 0.1) is 5.82 Å². The van der Waals surface area contributed by atoms with Crippen molar-refractivity contribution >= 4 is 43.6 Å². The molecule has 1 aliphatic rings. The number of halogens is 2. The maximum absolute atomic E-state index is 14.5. The van der Waals surface area contributed by atoms with Gasteiger partial charge in [-0.2, -0.15) is 9.40 Å². The number of nitrogens with zero attached hydrogens (tertiary/aromatic N) is 6. The molecule has 12 heteroatoms. The molecule has 1 aliphatic heterocycles. The highest BCUT2D eigenvalue weighted by Gasteiger charge is 2.35. The predicted molar refractivity (Wildman–Crippen MR) is 102 cm³/mol. The van der Waals surface area contributed by atoms with Crippen molar-refractivity contribution in [3.63, 3.8) is 0 Å². The zero-order valence-electron chi connectivity index (χ0n) is 14.4. The molecule has 0 saturated carbocycles. The van der Waals surface area contributed by atoms with Gasteiger partial charge in [0.15, 0.2) is 20.8 Å². The largest absolute Gasteiger partial charge is 0.279 e. The number of piperidine rings is 1. The molecule has 8 nitrogen and oxygen atoms in total. The lowest BCUT2D eigenvalue weighted by Gasteiger charge is -2.31. The zero-order chi connectivity index (χ0) is 19.5. The van der Waals surface area contributed by atoms with Crippen LogP contribution >= 0.6 is 22.9 Å². The number of hydrogen-bond acceptors (Lipinski definition) is 6. The molecule has 0 unspecified atom stereocenters. The summed E-state index contributed by atoms with van der Waals surface area (Å²) in [4.78, 5) is 8.61. The molecule has 0 bridgehead atoms. The Kier molecular flexibility index (Phi) is 4.16. The summed E-state index contributed by atoms with van der Waals surface area (Å²) in [6, 6.07) is 1.35. The van der Waals surface area contributed by atoms with Gasteiger partial charge in [-0.15, -0.1) is 11.3 Å². The second-order valence-corrected chi connectivity index (χ2v) is 9.67. The van der Waals surface area contributed by atoms with Crippen molar-refractivity contribution in [3.05, 3.63) is 46.7 Å². The Morgan fingerprint density at radius 2 is 2.07 bits per heavy atom. The Labute approximate surface area is 168 Å². The fourth-order valence-corrected chi connectivity index (χ4v) is 6.53. The van der Waals surface area contributed by atoms with Crippen LogP contribution in [0.1, 0.15) is 24.3 Å². The van der Waals surface area contributed by atoms with Crippen LogP contribution in [0.4, 0.5) is 4.39 Å². The van der Waals surface area contributed by atoms with Crippen LogP contribution in [0.25, 0.3) is 10.6 Å². The Hall–Kier alpha value is -2.08. The molecule has 0 aromatic carbocycles. The van der Waals surface area contributed by atoms with Crippen molar-refractivity contribution in [2.75, 3.05) is 13.1 Å². The summed E-state index contributed by atoms with van der Waals surface area (Å²) in [6.07, 6.45) is 5.64. The van der Waals surface area contributed by atoms with Crippen LogP contribution in [0.15, 0.2) is 35.2 Å². The molecule has 0 aliphatic carbocycles. The number of hydrogen-bond donors (Lipinski definition) is 0. The molecular formula is C16H14ClFN6O2S2. The summed E-state index contributed by atoms with van der Waals surface area (Å²) in [5.41, 5.74) is 0.967. The molecule has 28 heavy (non-hydrogen) atoms. The van der Waals surface area contributed by atoms with Gasteiger partial charge in [-0.05, 0) is 18.8 Å². The van der Waals surface area contributed by atoms with Gasteiger partial charge < -0.3 is 0 Å². The van der Waals surface area contributed by atoms with Crippen molar-refractivity contribution in [1.82, 2.24) is 28.3 Å². The van der Waals surface area contributed by atoms with Crippen LogP contribution in [0.5, 0.6) is 0 Å². The molecule has 0 radical (unpaired) electrons. The van der Waals surface area contributed by atoms with Gasteiger partial charge in [0, 0.05) is 42.5 Å². The Morgan fingerprint density at radius 1 is 1.29 bits per heavy atom. The fourth-order valence-electron chi connectivity index (χ4n) is 3.65. The first-order chi connectivity index (χ1) is 13.4. The van der Waals surface area contributed by atoms with E-state index in [9.17, 15) is 12.8 Å². The molecular weight excluding hydrogens is 427 g/mol. The van der Waals surface area contributed by atoms with Crippen LogP contribution in [-0.4, -0.2) is 49.8 Å². The highest BCUT2D eigenvalue weighted by molar-refractivity contribution is 7.89. The van der Waals surface area contributed by atoms with E-state index in [0.29, 0.717) is 29.0 Å². The number of rotatable bonds is 3. The van der Waals surface area contributed by atoms with Gasteiger partial charge in [-0.3, -0.25) is 4.40 Å². The molecule has 0 amide bonds. The van der Waals surface area contributed by atoms with E-state index in [-0.39, 0.29) is 35.0 Å². The SMILES string of the molecule is O=S(=O)(c1c(Cl)nc2sccn12)N1CCC(c2cn3ncnc3cc2F)CC1. The zero-order valence-corrected chi connectivity index (χ0v) is 16.8. The second kappa shape index (κ2) is 6.48. The van der Waals surface area contributed by atoms with E-state index < -0.39 is 10.0 Å². The van der Waals surface area contributed by atoms with Crippen molar-refractivity contribution in [2.24, 2.45) is 0 Å². The number of thiazole rings is 1. The van der Waals surface area contributed by atoms with E-state index in [1.165, 1.54) is 37.0 Å². The quantitative estimate of drug-likeness (QED) is 0.489. The van der Waals surface area contributed by atoms with Gasteiger partial charge in [0.2, 0.25) is 0 Å². The maximum Gasteiger partial charge on any atom is 0.262 e. The topological polar surface area (TPSA) is 84.9 Å². The van der Waals surface area contributed by atoms with Crippen LogP contribution in [0.3, 0.4) is 0 Å². The lowest BCUT2D eigenvalue weighted by atomic mass is 9.91. The summed E-state index contributed by atoms with van der Waals surface area (Å²) in [7, 11) is -3.80. The molecule has 0 spiro atoms. The van der Waals surface area contributed by atoms with Gasteiger partial charge in [0.25, 0.3) is 10.0 Å². The van der Waals surface area contributed by atoms with Crippen molar-refractivity contribution in [3.8, 4) is 0 Å². The molecule has 5 heterocycles. The molecule has 4 aromatic heterocycles. The number of pyridine rings is 1. The first-order valence-electron chi connectivity index (χ1n) is 8.55. The summed E-state index contributed by atoms with van der Waals surface area (Å²) >= 11 is 7.42. The lowest BCUT2D eigenvalue weighted by molar-refractivity contribution is 0.314. The summed E-state index contributed by atoms with van der Waals surface area (Å²) in [6.45, 7) is 0.547. The standard InChI is InChI=1S/C16H14ClFN6O2S2/c17-14-15(23-5-6-27-16(23)21-14)28(25,26)22-3-1-10(2-4-22)11-8-24-13(7-12(11)18)19-9-20-24/h5-10H,1-4H2. The Morgan fingerprint density at radius 3 is 2.86 bits per heavy atom. The van der Waals surface area contributed by atoms with Gasteiger partial charge >= 0.3 is 0 Å². The minimum absolute atomic E-state index is 0.0147. The van der Waals surface area contributed by atoms with E-state index >= 15 is 0 Å². The van der Waals surface area contributed by atoms with Crippen LogP contribution < -0.4 is 0 Å². The van der Waals surface area contributed by atoms with Gasteiger partial charge in [0.05, 0.1) is 0 Å². The average molecular weight is 441 g/mol. The highest BCUT2D eigenvalue weighted by Crippen LogP contribution is 2.34. The third kappa shape index (κ3) is 2.72. The second-order valence-electron chi connectivity index (χ2n) is 6.58. The smallest absolute Gasteiger partial charge is 0.262 e. The molecule has 0 atom stereocenters. The van der Waals surface area contributed by atoms with Gasteiger partial charge in [-0.25, -0.2) is 27.3 Å². The number of sulfonamides is 1. The Bertz CT molecular complexity index is 1290. The minimum Gasteiger partial charge on any atom is -0.279 e. The molecule has 1 fully saturated rings. The number of imidazole rings is 1. The van der Waals surface area contributed by atoms with Crippen LogP contribution in [-0.2, 0) is 10.0 Å². The van der Waals surface area contributed by atoms with E-state index in [1.807, 2.05) is 0 Å². The molecule has 1 saturated heterocycles. The van der Waals surface area contributed by atoms with E-state index in [0.717, 1.165) is 0 Å². The molecule has 146 valence electrons. The van der Waals surface area contributed by atoms with Gasteiger partial charge in [0.1, 0.15) is 12.1 Å². The van der Waals surface area contributed by atoms with E-state index in [2.05, 4.69) is 15.1 Å². The summed E-state index contributed by atoms with van der Waals surface area (Å²) in [5.74, 6) is -0.442. The Balaban J connectivity index is 1.41. The third-order valence-corrected chi connectivity index (χ3v) is 8.11.